The van der Waals surface area contributed by atoms with E-state index in [2.05, 4.69) is 4.74 Å². The van der Waals surface area contributed by atoms with E-state index in [9.17, 15) is 22.0 Å². The van der Waals surface area contributed by atoms with Crippen LogP contribution >= 0.6 is 35.0 Å². The van der Waals surface area contributed by atoms with Crippen molar-refractivity contribution in [1.29, 1.82) is 0 Å². The highest BCUT2D eigenvalue weighted by atomic mass is 35.5. The lowest BCUT2D eigenvalue weighted by atomic mass is 10.3. The standard InChI is InChI=1S/C8H3Cl2F5OS/c9-4-1-3(16-7(11)12)2-5(6(4)10)17-8(13,14)15/h1-2,7H. The van der Waals surface area contributed by atoms with Crippen LogP contribution in [0, 0.1) is 0 Å². The van der Waals surface area contributed by atoms with Crippen LogP contribution in [0.2, 0.25) is 10.0 Å². The Kier molecular flexibility index (Phi) is 4.74. The maximum Gasteiger partial charge on any atom is 0.446 e. The van der Waals surface area contributed by atoms with Gasteiger partial charge in [0.05, 0.1) is 10.0 Å². The molecule has 0 N–H and O–H groups in total. The molecule has 1 aromatic rings. The van der Waals surface area contributed by atoms with Gasteiger partial charge in [-0.2, -0.15) is 22.0 Å². The number of halogens is 7. The minimum absolute atomic E-state index is 0.295. The van der Waals surface area contributed by atoms with Crippen molar-refractivity contribution in [2.75, 3.05) is 0 Å². The summed E-state index contributed by atoms with van der Waals surface area (Å²) in [4.78, 5) is -0.498. The fourth-order valence-electron chi connectivity index (χ4n) is 0.910. The van der Waals surface area contributed by atoms with Crippen molar-refractivity contribution < 1.29 is 26.7 Å². The lowest BCUT2D eigenvalue weighted by molar-refractivity contribution is -0.0499. The minimum atomic E-state index is -4.60. The molecule has 0 unspecified atom stereocenters. The van der Waals surface area contributed by atoms with Crippen LogP contribution in [0.4, 0.5) is 22.0 Å². The molecule has 0 aliphatic carbocycles. The van der Waals surface area contributed by atoms with Crippen LogP contribution in [-0.2, 0) is 0 Å². The molecule has 0 saturated heterocycles. The second-order valence-corrected chi connectivity index (χ2v) is 4.54. The molecule has 0 saturated carbocycles. The van der Waals surface area contributed by atoms with E-state index in [0.29, 0.717) is 0 Å². The third-order valence-corrected chi connectivity index (χ3v) is 3.11. The first-order valence-electron chi connectivity index (χ1n) is 3.88. The van der Waals surface area contributed by atoms with E-state index in [1.165, 1.54) is 0 Å². The van der Waals surface area contributed by atoms with Crippen molar-refractivity contribution in [2.45, 2.75) is 17.0 Å². The topological polar surface area (TPSA) is 9.23 Å². The summed E-state index contributed by atoms with van der Waals surface area (Å²) in [6.45, 7) is -3.16. The number of rotatable bonds is 3. The molecule has 0 fully saturated rings. The summed E-state index contributed by atoms with van der Waals surface area (Å²) in [5.41, 5.74) is -4.60. The fraction of sp³-hybridized carbons (Fsp3) is 0.250. The van der Waals surface area contributed by atoms with Gasteiger partial charge in [0.15, 0.2) is 0 Å². The Bertz CT molecular complexity index is 410. The Morgan fingerprint density at radius 3 is 2.24 bits per heavy atom. The Morgan fingerprint density at radius 2 is 1.76 bits per heavy atom. The summed E-state index contributed by atoms with van der Waals surface area (Å²) in [6.07, 6.45) is 0. The third kappa shape index (κ3) is 4.77. The lowest BCUT2D eigenvalue weighted by Crippen LogP contribution is -2.03. The van der Waals surface area contributed by atoms with Crippen LogP contribution in [-0.4, -0.2) is 12.1 Å². The van der Waals surface area contributed by atoms with E-state index >= 15 is 0 Å². The van der Waals surface area contributed by atoms with Crippen LogP contribution < -0.4 is 4.74 Å². The molecule has 0 atom stereocenters. The van der Waals surface area contributed by atoms with Gasteiger partial charge in [0.1, 0.15) is 5.75 Å². The zero-order valence-corrected chi connectivity index (χ0v) is 10.0. The first kappa shape index (κ1) is 14.7. The molecular formula is C8H3Cl2F5OS. The molecule has 1 nitrogen and oxygen atoms in total. The van der Waals surface area contributed by atoms with Crippen LogP contribution in [0.25, 0.3) is 0 Å². The van der Waals surface area contributed by atoms with E-state index in [-0.39, 0.29) is 10.0 Å². The summed E-state index contributed by atoms with van der Waals surface area (Å²) < 4.78 is 64.1. The van der Waals surface area contributed by atoms with Crippen molar-refractivity contribution in [2.24, 2.45) is 0 Å². The zero-order valence-electron chi connectivity index (χ0n) is 7.69. The van der Waals surface area contributed by atoms with Crippen molar-refractivity contribution in [3.8, 4) is 5.75 Å². The average Bonchev–Trinajstić information content (AvgIpc) is 2.09. The highest BCUT2D eigenvalue weighted by Crippen LogP contribution is 2.44. The Balaban J connectivity index is 3.07. The maximum atomic E-state index is 12.1. The predicted molar refractivity (Wildman–Crippen MR) is 55.0 cm³/mol. The van der Waals surface area contributed by atoms with E-state index < -0.39 is 34.5 Å². The first-order valence-corrected chi connectivity index (χ1v) is 5.46. The number of ether oxygens (including phenoxy) is 1. The number of hydrogen-bond donors (Lipinski definition) is 0. The van der Waals surface area contributed by atoms with E-state index in [4.69, 9.17) is 23.2 Å². The summed E-state index contributed by atoms with van der Waals surface area (Å²) in [5.74, 6) is -0.485. The van der Waals surface area contributed by atoms with Crippen molar-refractivity contribution >= 4 is 35.0 Å². The van der Waals surface area contributed by atoms with Crippen LogP contribution in [0.15, 0.2) is 17.0 Å². The molecule has 1 aromatic carbocycles. The van der Waals surface area contributed by atoms with Crippen molar-refractivity contribution in [3.05, 3.63) is 22.2 Å². The van der Waals surface area contributed by atoms with Gasteiger partial charge < -0.3 is 4.74 Å². The monoisotopic (exact) mass is 312 g/mol. The van der Waals surface area contributed by atoms with E-state index in [1.54, 1.807) is 0 Å². The van der Waals surface area contributed by atoms with Crippen molar-refractivity contribution in [1.82, 2.24) is 0 Å². The summed E-state index contributed by atoms with van der Waals surface area (Å²) in [5, 5.41) is -0.660. The SMILES string of the molecule is FC(F)Oc1cc(Cl)c(Cl)c(SC(F)(F)F)c1. The van der Waals surface area contributed by atoms with Crippen LogP contribution in [0.1, 0.15) is 0 Å². The highest BCUT2D eigenvalue weighted by Gasteiger charge is 2.31. The Labute approximate surface area is 107 Å². The number of thioether (sulfide) groups is 1. The summed E-state index contributed by atoms with van der Waals surface area (Å²) in [6, 6.07) is 1.66. The quantitative estimate of drug-likeness (QED) is 0.560. The summed E-state index contributed by atoms with van der Waals surface area (Å²) in [7, 11) is 0. The third-order valence-electron chi connectivity index (χ3n) is 1.42. The normalized spacial score (nSPS) is 12.0. The van der Waals surface area contributed by atoms with Crippen molar-refractivity contribution in [3.63, 3.8) is 0 Å². The molecule has 0 bridgehead atoms. The smallest absolute Gasteiger partial charge is 0.435 e. The molecule has 1 rings (SSSR count). The molecule has 96 valence electrons. The first-order chi connectivity index (χ1) is 7.69. The second kappa shape index (κ2) is 5.49. The predicted octanol–water partition coefficient (Wildman–Crippen LogP) is 5.21. The molecule has 9 heteroatoms. The minimum Gasteiger partial charge on any atom is -0.435 e. The molecule has 0 heterocycles. The van der Waals surface area contributed by atoms with Gasteiger partial charge in [-0.25, -0.2) is 0 Å². The van der Waals surface area contributed by atoms with Crippen LogP contribution in [0.5, 0.6) is 5.75 Å². The van der Waals surface area contributed by atoms with Gasteiger partial charge in [0.25, 0.3) is 0 Å². The summed E-state index contributed by atoms with van der Waals surface area (Å²) >= 11 is 10.4. The molecule has 17 heavy (non-hydrogen) atoms. The Hall–Kier alpha value is -0.400. The van der Waals surface area contributed by atoms with E-state index in [0.717, 1.165) is 12.1 Å². The number of hydrogen-bond acceptors (Lipinski definition) is 2. The van der Waals surface area contributed by atoms with E-state index in [1.807, 2.05) is 0 Å². The van der Waals surface area contributed by atoms with Gasteiger partial charge in [-0.3, -0.25) is 0 Å². The molecule has 0 spiro atoms. The molecule has 0 aromatic heterocycles. The highest BCUT2D eigenvalue weighted by molar-refractivity contribution is 8.00. The zero-order chi connectivity index (χ0) is 13.2. The van der Waals surface area contributed by atoms with Gasteiger partial charge in [-0.05, 0) is 17.8 Å². The Morgan fingerprint density at radius 1 is 1.18 bits per heavy atom. The molecule has 0 radical (unpaired) electrons. The fourth-order valence-corrected chi connectivity index (χ4v) is 2.02. The van der Waals surface area contributed by atoms with Gasteiger partial charge in [0.2, 0.25) is 0 Å². The molecular weight excluding hydrogens is 310 g/mol. The van der Waals surface area contributed by atoms with Gasteiger partial charge in [-0.15, -0.1) is 0 Å². The van der Waals surface area contributed by atoms with Gasteiger partial charge in [0, 0.05) is 11.0 Å². The number of benzene rings is 1. The largest absolute Gasteiger partial charge is 0.446 e. The van der Waals surface area contributed by atoms with Crippen LogP contribution in [0.3, 0.4) is 0 Å². The lowest BCUT2D eigenvalue weighted by Gasteiger charge is -2.11. The average molecular weight is 313 g/mol. The second-order valence-electron chi connectivity index (χ2n) is 2.64. The molecule has 0 aliphatic heterocycles. The van der Waals surface area contributed by atoms with Gasteiger partial charge in [-0.1, -0.05) is 23.2 Å². The molecule has 0 amide bonds. The van der Waals surface area contributed by atoms with Gasteiger partial charge >= 0.3 is 12.1 Å². The molecule has 0 aliphatic rings. The number of alkyl halides is 5. The maximum absolute atomic E-state index is 12.1.